The molecular formula is C13H16N2O2S2. The quantitative estimate of drug-likeness (QED) is 0.842. The van der Waals surface area contributed by atoms with E-state index in [2.05, 4.69) is 0 Å². The lowest BCUT2D eigenvalue weighted by Crippen LogP contribution is -2.37. The van der Waals surface area contributed by atoms with Crippen molar-refractivity contribution in [1.82, 2.24) is 4.31 Å². The van der Waals surface area contributed by atoms with Crippen LogP contribution in [0.3, 0.4) is 0 Å². The normalized spacial score (nSPS) is 26.2. The Balaban J connectivity index is 1.90. The van der Waals surface area contributed by atoms with Gasteiger partial charge in [0, 0.05) is 12.6 Å². The summed E-state index contributed by atoms with van der Waals surface area (Å²) >= 11 is 1.06. The maximum Gasteiger partial charge on any atom is 0.252 e. The molecule has 0 N–H and O–H groups in total. The minimum atomic E-state index is -3.42. The Labute approximate surface area is 117 Å². The Kier molecular flexibility index (Phi) is 2.97. The van der Waals surface area contributed by atoms with Gasteiger partial charge in [0.1, 0.15) is 15.2 Å². The molecule has 4 nitrogen and oxygen atoms in total. The Hall–Kier alpha value is -0.900. The lowest BCUT2D eigenvalue weighted by molar-refractivity contribution is 0.152. The Bertz CT molecular complexity index is 638. The molecule has 3 rings (SSSR count). The van der Waals surface area contributed by atoms with E-state index in [4.69, 9.17) is 5.26 Å². The first-order chi connectivity index (χ1) is 8.97. The average Bonchev–Trinajstić information content (AvgIpc) is 2.92. The highest BCUT2D eigenvalue weighted by Crippen LogP contribution is 2.51. The maximum atomic E-state index is 12.6. The lowest BCUT2D eigenvalue weighted by atomic mass is 9.68. The summed E-state index contributed by atoms with van der Waals surface area (Å²) < 4.78 is 27.2. The minimum absolute atomic E-state index is 0.0675. The predicted molar refractivity (Wildman–Crippen MR) is 73.3 cm³/mol. The average molecular weight is 296 g/mol. The highest BCUT2D eigenvalue weighted by atomic mass is 32.2. The van der Waals surface area contributed by atoms with Crippen molar-refractivity contribution in [2.24, 2.45) is 5.41 Å². The van der Waals surface area contributed by atoms with Gasteiger partial charge in [0.2, 0.25) is 0 Å². The molecule has 2 fully saturated rings. The van der Waals surface area contributed by atoms with Crippen LogP contribution in [-0.2, 0) is 10.0 Å². The van der Waals surface area contributed by atoms with Crippen LogP contribution in [-0.4, -0.2) is 25.3 Å². The molecule has 1 aromatic heterocycles. The second-order valence-electron chi connectivity index (χ2n) is 5.69. The first kappa shape index (κ1) is 13.1. The SMILES string of the molecule is CC1CC2(CCC2)CN1S(=O)(=O)c1ccc(C#N)s1. The fraction of sp³-hybridized carbons (Fsp3) is 0.615. The van der Waals surface area contributed by atoms with Crippen LogP contribution in [0.15, 0.2) is 16.3 Å². The van der Waals surface area contributed by atoms with Crippen LogP contribution in [0, 0.1) is 16.7 Å². The number of sulfonamides is 1. The maximum absolute atomic E-state index is 12.6. The molecule has 1 aliphatic carbocycles. The van der Waals surface area contributed by atoms with Crippen molar-refractivity contribution in [3.63, 3.8) is 0 Å². The highest BCUT2D eigenvalue weighted by molar-refractivity contribution is 7.91. The van der Waals surface area contributed by atoms with E-state index in [9.17, 15) is 8.42 Å². The van der Waals surface area contributed by atoms with E-state index in [0.29, 0.717) is 15.6 Å². The van der Waals surface area contributed by atoms with Crippen LogP contribution in [0.5, 0.6) is 0 Å². The number of hydrogen-bond donors (Lipinski definition) is 0. The molecule has 1 aromatic rings. The zero-order valence-electron chi connectivity index (χ0n) is 10.8. The summed E-state index contributed by atoms with van der Waals surface area (Å²) in [6.45, 7) is 2.64. The fourth-order valence-electron chi connectivity index (χ4n) is 3.27. The topological polar surface area (TPSA) is 61.2 Å². The van der Waals surface area contributed by atoms with Crippen LogP contribution < -0.4 is 0 Å². The van der Waals surface area contributed by atoms with Gasteiger partial charge in [-0.3, -0.25) is 0 Å². The van der Waals surface area contributed by atoms with Crippen molar-refractivity contribution < 1.29 is 8.42 Å². The van der Waals surface area contributed by atoms with Crippen molar-refractivity contribution in [1.29, 1.82) is 5.26 Å². The van der Waals surface area contributed by atoms with Gasteiger partial charge in [-0.25, -0.2) is 8.42 Å². The summed E-state index contributed by atoms with van der Waals surface area (Å²) in [4.78, 5) is 0.448. The molecule has 0 bridgehead atoms. The molecule has 1 aliphatic heterocycles. The molecule has 1 saturated heterocycles. The number of thiophene rings is 1. The van der Waals surface area contributed by atoms with Gasteiger partial charge in [-0.05, 0) is 43.7 Å². The second kappa shape index (κ2) is 4.30. The fourth-order valence-corrected chi connectivity index (χ4v) is 6.25. The Morgan fingerprint density at radius 2 is 2.21 bits per heavy atom. The van der Waals surface area contributed by atoms with Crippen LogP contribution in [0.4, 0.5) is 0 Å². The molecule has 1 atom stereocenters. The van der Waals surface area contributed by atoms with Gasteiger partial charge in [-0.1, -0.05) is 6.42 Å². The standard InChI is InChI=1S/C13H16N2O2S2/c1-10-7-13(5-2-6-13)9-15(10)19(16,17)12-4-3-11(8-14)18-12/h3-4,10H,2,5-7,9H2,1H3. The van der Waals surface area contributed by atoms with Crippen LogP contribution >= 0.6 is 11.3 Å². The van der Waals surface area contributed by atoms with Gasteiger partial charge in [0.25, 0.3) is 10.0 Å². The molecule has 0 radical (unpaired) electrons. The van der Waals surface area contributed by atoms with Crippen LogP contribution in [0.25, 0.3) is 0 Å². The lowest BCUT2D eigenvalue weighted by Gasteiger charge is -2.37. The van der Waals surface area contributed by atoms with E-state index in [1.54, 1.807) is 16.4 Å². The van der Waals surface area contributed by atoms with Crippen LogP contribution in [0.1, 0.15) is 37.5 Å². The largest absolute Gasteiger partial charge is 0.252 e. The molecule has 0 amide bonds. The monoisotopic (exact) mass is 296 g/mol. The number of nitrogens with zero attached hydrogens (tertiary/aromatic N) is 2. The number of rotatable bonds is 2. The van der Waals surface area contributed by atoms with E-state index < -0.39 is 10.0 Å². The summed E-state index contributed by atoms with van der Waals surface area (Å²) in [6, 6.07) is 5.20. The molecule has 2 aliphatic rings. The van der Waals surface area contributed by atoms with E-state index in [-0.39, 0.29) is 11.5 Å². The van der Waals surface area contributed by atoms with Gasteiger partial charge in [0.05, 0.1) is 0 Å². The Morgan fingerprint density at radius 3 is 2.68 bits per heavy atom. The van der Waals surface area contributed by atoms with Crippen molar-refractivity contribution in [2.75, 3.05) is 6.54 Å². The van der Waals surface area contributed by atoms with E-state index in [1.807, 2.05) is 13.0 Å². The van der Waals surface area contributed by atoms with E-state index in [0.717, 1.165) is 30.6 Å². The molecule has 102 valence electrons. The third-order valence-corrected chi connectivity index (χ3v) is 7.80. The summed E-state index contributed by atoms with van der Waals surface area (Å²) in [5.41, 5.74) is 0.238. The first-order valence-electron chi connectivity index (χ1n) is 6.49. The Morgan fingerprint density at radius 1 is 1.47 bits per heavy atom. The summed E-state index contributed by atoms with van der Waals surface area (Å²) in [5.74, 6) is 0. The smallest absolute Gasteiger partial charge is 0.206 e. The summed E-state index contributed by atoms with van der Waals surface area (Å²) in [6.07, 6.45) is 4.50. The van der Waals surface area contributed by atoms with Gasteiger partial charge >= 0.3 is 0 Å². The van der Waals surface area contributed by atoms with Crippen molar-refractivity contribution in [3.8, 4) is 6.07 Å². The van der Waals surface area contributed by atoms with Gasteiger partial charge in [-0.15, -0.1) is 11.3 Å². The summed E-state index contributed by atoms with van der Waals surface area (Å²) in [7, 11) is -3.42. The van der Waals surface area contributed by atoms with Gasteiger partial charge < -0.3 is 0 Å². The van der Waals surface area contributed by atoms with Gasteiger partial charge in [-0.2, -0.15) is 9.57 Å². The molecule has 1 unspecified atom stereocenters. The van der Waals surface area contributed by atoms with Gasteiger partial charge in [0.15, 0.2) is 0 Å². The van der Waals surface area contributed by atoms with Crippen molar-refractivity contribution >= 4 is 21.4 Å². The molecule has 2 heterocycles. The summed E-state index contributed by atoms with van der Waals surface area (Å²) in [5, 5.41) is 8.82. The first-order valence-corrected chi connectivity index (χ1v) is 8.74. The molecule has 6 heteroatoms. The van der Waals surface area contributed by atoms with Crippen molar-refractivity contribution in [3.05, 3.63) is 17.0 Å². The second-order valence-corrected chi connectivity index (χ2v) is 8.89. The third kappa shape index (κ3) is 2.00. The van der Waals surface area contributed by atoms with Crippen LogP contribution in [0.2, 0.25) is 0 Å². The number of nitriles is 1. The molecule has 1 spiro atoms. The zero-order chi connectivity index (χ0) is 13.7. The highest BCUT2D eigenvalue weighted by Gasteiger charge is 2.50. The third-order valence-electron chi connectivity index (χ3n) is 4.38. The zero-order valence-corrected chi connectivity index (χ0v) is 12.4. The molecule has 0 aromatic carbocycles. The number of hydrogen-bond acceptors (Lipinski definition) is 4. The minimum Gasteiger partial charge on any atom is -0.206 e. The molecule has 19 heavy (non-hydrogen) atoms. The predicted octanol–water partition coefficient (Wildman–Crippen LogP) is 2.57. The van der Waals surface area contributed by atoms with E-state index in [1.165, 1.54) is 6.42 Å². The van der Waals surface area contributed by atoms with Crippen molar-refractivity contribution in [2.45, 2.75) is 42.9 Å². The molecular weight excluding hydrogens is 280 g/mol. The molecule has 1 saturated carbocycles. The van der Waals surface area contributed by atoms with E-state index >= 15 is 0 Å².